The molecule has 3 rings (SSSR count). The van der Waals surface area contributed by atoms with E-state index in [4.69, 9.17) is 4.74 Å². The Balaban J connectivity index is 1.85. The van der Waals surface area contributed by atoms with Crippen LogP contribution in [0.3, 0.4) is 0 Å². The van der Waals surface area contributed by atoms with E-state index in [1.807, 2.05) is 12.1 Å². The Morgan fingerprint density at radius 3 is 3.00 bits per heavy atom. The number of benzene rings is 1. The summed E-state index contributed by atoms with van der Waals surface area (Å²) in [5, 5.41) is 12.5. The number of ether oxygens (including phenoxy) is 1. The molecule has 2 aliphatic rings. The highest BCUT2D eigenvalue weighted by atomic mass is 79.9. The van der Waals surface area contributed by atoms with E-state index >= 15 is 0 Å². The number of aliphatic hydroxyl groups excluding tert-OH is 1. The molecule has 0 aromatic heterocycles. The second kappa shape index (κ2) is 5.79. The second-order valence-electron chi connectivity index (χ2n) is 5.27. The molecule has 1 unspecified atom stereocenters. The van der Waals surface area contributed by atoms with Gasteiger partial charge in [0.25, 0.3) is 5.91 Å². The van der Waals surface area contributed by atoms with Crippen LogP contribution in [-0.4, -0.2) is 37.8 Å². The first kappa shape index (κ1) is 14.6. The summed E-state index contributed by atoms with van der Waals surface area (Å²) < 4.78 is 6.05. The van der Waals surface area contributed by atoms with E-state index in [0.29, 0.717) is 17.9 Å². The number of rotatable bonds is 3. The van der Waals surface area contributed by atoms with Crippen LogP contribution in [0, 0.1) is 0 Å². The van der Waals surface area contributed by atoms with Crippen molar-refractivity contribution in [1.82, 2.24) is 0 Å². The minimum atomic E-state index is -1.07. The normalized spacial score (nSPS) is 21.1. The number of nitrogens with zero attached hydrogens (tertiary/aromatic N) is 1. The Bertz CT molecular complexity index is 615. The quantitative estimate of drug-likeness (QED) is 0.818. The van der Waals surface area contributed by atoms with Crippen molar-refractivity contribution in [1.29, 1.82) is 0 Å². The molecule has 5 nitrogen and oxygen atoms in total. The van der Waals surface area contributed by atoms with Crippen LogP contribution in [0.4, 0.5) is 11.4 Å². The lowest BCUT2D eigenvalue weighted by molar-refractivity contribution is -0.123. The van der Waals surface area contributed by atoms with E-state index in [0.717, 1.165) is 29.7 Å². The molecule has 0 spiro atoms. The fraction of sp³-hybridized carbons (Fsp3) is 0.400. The Labute approximate surface area is 131 Å². The minimum absolute atomic E-state index is 0.366. The van der Waals surface area contributed by atoms with Crippen molar-refractivity contribution in [2.45, 2.75) is 12.5 Å². The number of anilines is 2. The van der Waals surface area contributed by atoms with Gasteiger partial charge in [-0.2, -0.15) is 0 Å². The summed E-state index contributed by atoms with van der Waals surface area (Å²) in [6.07, 6.45) is 2.08. The Kier molecular flexibility index (Phi) is 4.01. The SMILES string of the molecule is COCC1=CCN(c2cc3c(cc2Br)C(O)C(=O)N3)CC1. The highest BCUT2D eigenvalue weighted by molar-refractivity contribution is 9.10. The molecular weight excluding hydrogens is 336 g/mol. The second-order valence-corrected chi connectivity index (χ2v) is 6.13. The van der Waals surface area contributed by atoms with Gasteiger partial charge in [-0.3, -0.25) is 4.79 Å². The zero-order chi connectivity index (χ0) is 15.0. The maximum absolute atomic E-state index is 11.5. The van der Waals surface area contributed by atoms with Crippen LogP contribution in [0.2, 0.25) is 0 Å². The molecule has 0 saturated heterocycles. The molecule has 2 aliphatic heterocycles. The van der Waals surface area contributed by atoms with Crippen molar-refractivity contribution in [3.63, 3.8) is 0 Å². The van der Waals surface area contributed by atoms with Gasteiger partial charge in [0.2, 0.25) is 0 Å². The number of fused-ring (bicyclic) bond motifs is 1. The van der Waals surface area contributed by atoms with Crippen molar-refractivity contribution >= 4 is 33.2 Å². The summed E-state index contributed by atoms with van der Waals surface area (Å²) in [5.74, 6) is -0.366. The number of aliphatic hydroxyl groups is 1. The molecule has 2 heterocycles. The number of hydrogen-bond donors (Lipinski definition) is 2. The van der Waals surface area contributed by atoms with Gasteiger partial charge in [0, 0.05) is 35.9 Å². The van der Waals surface area contributed by atoms with E-state index < -0.39 is 6.10 Å². The topological polar surface area (TPSA) is 61.8 Å². The van der Waals surface area contributed by atoms with Gasteiger partial charge in [-0.05, 0) is 40.1 Å². The third-order valence-electron chi connectivity index (χ3n) is 3.89. The molecule has 0 saturated carbocycles. The van der Waals surface area contributed by atoms with Gasteiger partial charge in [-0.15, -0.1) is 0 Å². The number of carbonyl (C=O) groups excluding carboxylic acids is 1. The minimum Gasteiger partial charge on any atom is -0.380 e. The van der Waals surface area contributed by atoms with Crippen LogP contribution >= 0.6 is 15.9 Å². The summed E-state index contributed by atoms with van der Waals surface area (Å²) in [6.45, 7) is 2.40. The van der Waals surface area contributed by atoms with Gasteiger partial charge in [0.1, 0.15) is 0 Å². The van der Waals surface area contributed by atoms with Gasteiger partial charge >= 0.3 is 0 Å². The maximum atomic E-state index is 11.5. The van der Waals surface area contributed by atoms with Crippen LogP contribution in [0.15, 0.2) is 28.3 Å². The number of amides is 1. The number of methoxy groups -OCH3 is 1. The molecule has 0 aliphatic carbocycles. The molecule has 112 valence electrons. The highest BCUT2D eigenvalue weighted by Crippen LogP contribution is 2.39. The first-order valence-electron chi connectivity index (χ1n) is 6.84. The van der Waals surface area contributed by atoms with E-state index in [1.165, 1.54) is 5.57 Å². The number of hydrogen-bond acceptors (Lipinski definition) is 4. The zero-order valence-electron chi connectivity index (χ0n) is 11.7. The van der Waals surface area contributed by atoms with E-state index in [9.17, 15) is 9.90 Å². The summed E-state index contributed by atoms with van der Waals surface area (Å²) in [4.78, 5) is 13.8. The van der Waals surface area contributed by atoms with Gasteiger partial charge < -0.3 is 20.1 Å². The summed E-state index contributed by atoms with van der Waals surface area (Å²) >= 11 is 3.54. The van der Waals surface area contributed by atoms with Gasteiger partial charge in [0.05, 0.1) is 12.3 Å². The molecule has 1 aromatic rings. The summed E-state index contributed by atoms with van der Waals surface area (Å²) in [7, 11) is 1.71. The number of carbonyl (C=O) groups is 1. The lowest BCUT2D eigenvalue weighted by atomic mass is 10.1. The molecule has 0 bridgehead atoms. The molecule has 0 fully saturated rings. The van der Waals surface area contributed by atoms with Gasteiger partial charge in [-0.25, -0.2) is 0 Å². The molecule has 0 radical (unpaired) electrons. The highest BCUT2D eigenvalue weighted by Gasteiger charge is 2.30. The summed E-state index contributed by atoms with van der Waals surface area (Å²) in [6, 6.07) is 3.74. The van der Waals surface area contributed by atoms with Crippen LogP contribution < -0.4 is 10.2 Å². The molecule has 2 N–H and O–H groups in total. The van der Waals surface area contributed by atoms with E-state index in [1.54, 1.807) is 7.11 Å². The molecule has 1 aromatic carbocycles. The van der Waals surface area contributed by atoms with Crippen molar-refractivity contribution in [3.05, 3.63) is 33.8 Å². The average Bonchev–Trinajstić information content (AvgIpc) is 2.75. The molecule has 21 heavy (non-hydrogen) atoms. The monoisotopic (exact) mass is 352 g/mol. The Morgan fingerprint density at radius 2 is 2.33 bits per heavy atom. The van der Waals surface area contributed by atoms with Crippen LogP contribution in [0.25, 0.3) is 0 Å². The fourth-order valence-electron chi connectivity index (χ4n) is 2.74. The zero-order valence-corrected chi connectivity index (χ0v) is 13.3. The predicted octanol–water partition coefficient (Wildman–Crippen LogP) is 2.22. The average molecular weight is 353 g/mol. The number of halogens is 1. The largest absolute Gasteiger partial charge is 0.380 e. The third kappa shape index (κ3) is 2.71. The lowest BCUT2D eigenvalue weighted by Gasteiger charge is -2.29. The lowest BCUT2D eigenvalue weighted by Crippen LogP contribution is -2.29. The van der Waals surface area contributed by atoms with Crippen molar-refractivity contribution in [2.24, 2.45) is 0 Å². The Morgan fingerprint density at radius 1 is 1.52 bits per heavy atom. The fourth-order valence-corrected chi connectivity index (χ4v) is 3.35. The van der Waals surface area contributed by atoms with E-state index in [-0.39, 0.29) is 5.91 Å². The molecule has 6 heteroatoms. The van der Waals surface area contributed by atoms with Gasteiger partial charge in [-0.1, -0.05) is 6.08 Å². The Hall–Kier alpha value is -1.37. The molecule has 1 atom stereocenters. The molecular formula is C15H17BrN2O3. The van der Waals surface area contributed by atoms with Gasteiger partial charge in [0.15, 0.2) is 6.10 Å². The van der Waals surface area contributed by atoms with Crippen LogP contribution in [0.5, 0.6) is 0 Å². The summed E-state index contributed by atoms with van der Waals surface area (Å²) in [5.41, 5.74) is 3.66. The third-order valence-corrected chi connectivity index (χ3v) is 4.53. The van der Waals surface area contributed by atoms with Crippen molar-refractivity contribution in [3.8, 4) is 0 Å². The van der Waals surface area contributed by atoms with Crippen molar-refractivity contribution < 1.29 is 14.6 Å². The van der Waals surface area contributed by atoms with Crippen LogP contribution in [-0.2, 0) is 9.53 Å². The predicted molar refractivity (Wildman–Crippen MR) is 84.5 cm³/mol. The first-order chi connectivity index (χ1) is 10.1. The molecule has 1 amide bonds. The standard InChI is InChI=1S/C15H17BrN2O3/c1-21-8-9-2-4-18(5-3-9)13-7-12-10(6-11(13)16)14(19)15(20)17-12/h2,6-7,14,19H,3-5,8H2,1H3,(H,17,20). The smallest absolute Gasteiger partial charge is 0.257 e. The van der Waals surface area contributed by atoms with Crippen molar-refractivity contribution in [2.75, 3.05) is 37.0 Å². The van der Waals surface area contributed by atoms with Crippen LogP contribution in [0.1, 0.15) is 18.1 Å². The first-order valence-corrected chi connectivity index (χ1v) is 7.63. The maximum Gasteiger partial charge on any atom is 0.257 e. The van der Waals surface area contributed by atoms with E-state index in [2.05, 4.69) is 32.2 Å². The number of nitrogens with one attached hydrogen (secondary N) is 1.